The maximum atomic E-state index is 13.6. The second-order valence-corrected chi connectivity index (χ2v) is 6.01. The Hall–Kier alpha value is -2.08. The summed E-state index contributed by atoms with van der Waals surface area (Å²) in [7, 11) is 3.09. The van der Waals surface area contributed by atoms with Gasteiger partial charge in [-0.25, -0.2) is 4.39 Å². The quantitative estimate of drug-likeness (QED) is 0.944. The van der Waals surface area contributed by atoms with Gasteiger partial charge in [-0.15, -0.1) is 11.3 Å². The molecule has 0 aliphatic rings. The smallest absolute Gasteiger partial charge is 0.264 e. The van der Waals surface area contributed by atoms with E-state index in [2.05, 4.69) is 0 Å². The highest BCUT2D eigenvalue weighted by Gasteiger charge is 2.16. The summed E-state index contributed by atoms with van der Waals surface area (Å²) in [5, 5.41) is 0. The van der Waals surface area contributed by atoms with Crippen molar-refractivity contribution in [2.75, 3.05) is 19.9 Å². The van der Waals surface area contributed by atoms with Crippen LogP contribution in [0, 0.1) is 12.7 Å². The third kappa shape index (κ3) is 3.33. The van der Waals surface area contributed by atoms with E-state index in [-0.39, 0.29) is 11.7 Å². The number of aryl methyl sites for hydroxylation is 1. The van der Waals surface area contributed by atoms with Crippen molar-refractivity contribution in [3.05, 3.63) is 45.4 Å². The first-order valence-electron chi connectivity index (χ1n) is 6.36. The Morgan fingerprint density at radius 2 is 2.14 bits per heavy atom. The van der Waals surface area contributed by atoms with Crippen molar-refractivity contribution in [1.82, 2.24) is 4.90 Å². The molecule has 21 heavy (non-hydrogen) atoms. The highest BCUT2D eigenvalue weighted by Crippen LogP contribution is 2.25. The van der Waals surface area contributed by atoms with Crippen LogP contribution in [0.1, 0.15) is 20.1 Å². The molecule has 2 N–H and O–H groups in total. The molecule has 112 valence electrons. The first-order valence-corrected chi connectivity index (χ1v) is 7.17. The monoisotopic (exact) mass is 308 g/mol. The summed E-state index contributed by atoms with van der Waals surface area (Å²) in [5.41, 5.74) is 7.08. The third-order valence-corrected chi connectivity index (χ3v) is 4.20. The minimum absolute atomic E-state index is 0.129. The summed E-state index contributed by atoms with van der Waals surface area (Å²) in [6.45, 7) is 2.19. The lowest BCUT2D eigenvalue weighted by atomic mass is 10.2. The van der Waals surface area contributed by atoms with Crippen molar-refractivity contribution in [2.24, 2.45) is 0 Å². The fourth-order valence-corrected chi connectivity index (χ4v) is 2.88. The summed E-state index contributed by atoms with van der Waals surface area (Å²) in [6.07, 6.45) is 0. The number of halogens is 1. The molecule has 6 heteroatoms. The van der Waals surface area contributed by atoms with E-state index < -0.39 is 5.82 Å². The van der Waals surface area contributed by atoms with Gasteiger partial charge in [0.15, 0.2) is 11.6 Å². The van der Waals surface area contributed by atoms with Crippen LogP contribution in [0.5, 0.6) is 5.75 Å². The molecule has 2 rings (SSSR count). The van der Waals surface area contributed by atoms with Gasteiger partial charge in [0.2, 0.25) is 0 Å². The average Bonchev–Trinajstić information content (AvgIpc) is 2.78. The molecule has 1 heterocycles. The van der Waals surface area contributed by atoms with Crippen molar-refractivity contribution in [3.8, 4) is 5.75 Å². The van der Waals surface area contributed by atoms with Crippen LogP contribution in [0.25, 0.3) is 0 Å². The van der Waals surface area contributed by atoms with Crippen molar-refractivity contribution < 1.29 is 13.9 Å². The molecule has 0 aliphatic carbocycles. The van der Waals surface area contributed by atoms with E-state index in [1.807, 2.05) is 6.92 Å². The van der Waals surface area contributed by atoms with E-state index in [0.29, 0.717) is 22.7 Å². The lowest BCUT2D eigenvalue weighted by Crippen LogP contribution is -2.25. The Labute approximate surface area is 126 Å². The molecule has 0 bridgehead atoms. The zero-order valence-electron chi connectivity index (χ0n) is 12.1. The van der Waals surface area contributed by atoms with E-state index >= 15 is 0 Å². The van der Waals surface area contributed by atoms with Gasteiger partial charge in [-0.1, -0.05) is 6.07 Å². The molecular formula is C15H17FN2O2S. The van der Waals surface area contributed by atoms with Crippen LogP contribution in [0.2, 0.25) is 0 Å². The van der Waals surface area contributed by atoms with Crippen LogP contribution < -0.4 is 10.5 Å². The molecule has 2 aromatic rings. The predicted octanol–water partition coefficient (Wildman–Crippen LogP) is 3.06. The number of thiophene rings is 1. The largest absolute Gasteiger partial charge is 0.494 e. The number of hydrogen-bond acceptors (Lipinski definition) is 4. The number of nitrogen functional groups attached to an aromatic ring is 1. The number of carbonyl (C=O) groups excluding carboxylic acids is 1. The Kier molecular flexibility index (Phi) is 4.47. The van der Waals surface area contributed by atoms with E-state index in [9.17, 15) is 9.18 Å². The lowest BCUT2D eigenvalue weighted by Gasteiger charge is -2.16. The molecule has 0 saturated heterocycles. The zero-order valence-corrected chi connectivity index (χ0v) is 13.0. The fourth-order valence-electron chi connectivity index (χ4n) is 1.94. The molecular weight excluding hydrogens is 291 g/mol. The van der Waals surface area contributed by atoms with Crippen molar-refractivity contribution in [2.45, 2.75) is 13.5 Å². The minimum atomic E-state index is -0.438. The van der Waals surface area contributed by atoms with Gasteiger partial charge in [0.25, 0.3) is 5.91 Å². The maximum Gasteiger partial charge on any atom is 0.264 e. The van der Waals surface area contributed by atoms with E-state index in [4.69, 9.17) is 10.5 Å². The summed E-state index contributed by atoms with van der Waals surface area (Å²) < 4.78 is 18.5. The summed E-state index contributed by atoms with van der Waals surface area (Å²) in [4.78, 5) is 15.3. The standard InChI is InChI=1S/C15H17FN2O2S/c1-9-12(17)7-14(21-9)15(19)18(2)8-10-4-5-13(20-3)11(16)6-10/h4-7H,8,17H2,1-3H3. The first-order chi connectivity index (χ1) is 9.92. The molecule has 0 unspecified atom stereocenters. The minimum Gasteiger partial charge on any atom is -0.494 e. The average molecular weight is 308 g/mol. The van der Waals surface area contributed by atoms with Crippen LogP contribution in [-0.2, 0) is 6.54 Å². The van der Waals surface area contributed by atoms with Crippen LogP contribution in [0.3, 0.4) is 0 Å². The second kappa shape index (κ2) is 6.13. The molecule has 0 fully saturated rings. The van der Waals surface area contributed by atoms with Crippen LogP contribution in [0.15, 0.2) is 24.3 Å². The Morgan fingerprint density at radius 3 is 2.67 bits per heavy atom. The number of rotatable bonds is 4. The number of hydrogen-bond donors (Lipinski definition) is 1. The Balaban J connectivity index is 2.12. The van der Waals surface area contributed by atoms with Gasteiger partial charge in [0.05, 0.1) is 12.0 Å². The number of nitrogens with two attached hydrogens (primary N) is 1. The molecule has 0 atom stereocenters. The van der Waals surface area contributed by atoms with Gasteiger partial charge in [-0.2, -0.15) is 0 Å². The number of methoxy groups -OCH3 is 1. The first kappa shape index (κ1) is 15.3. The molecule has 1 aromatic carbocycles. The number of anilines is 1. The molecule has 4 nitrogen and oxygen atoms in total. The van der Waals surface area contributed by atoms with Gasteiger partial charge in [0, 0.05) is 24.2 Å². The molecule has 1 amide bonds. The van der Waals surface area contributed by atoms with Crippen LogP contribution in [0.4, 0.5) is 10.1 Å². The van der Waals surface area contributed by atoms with Crippen molar-refractivity contribution >= 4 is 22.9 Å². The van der Waals surface area contributed by atoms with Gasteiger partial charge in [-0.05, 0) is 30.7 Å². The Bertz CT molecular complexity index is 650. The normalized spacial score (nSPS) is 10.5. The topological polar surface area (TPSA) is 55.6 Å². The Morgan fingerprint density at radius 1 is 1.43 bits per heavy atom. The number of nitrogens with zero attached hydrogens (tertiary/aromatic N) is 1. The van der Waals surface area contributed by atoms with E-state index in [0.717, 1.165) is 4.88 Å². The molecule has 0 radical (unpaired) electrons. The number of amides is 1. The van der Waals surface area contributed by atoms with Gasteiger partial charge < -0.3 is 15.4 Å². The highest BCUT2D eigenvalue weighted by molar-refractivity contribution is 7.14. The van der Waals surface area contributed by atoms with Crippen molar-refractivity contribution in [1.29, 1.82) is 0 Å². The SMILES string of the molecule is COc1ccc(CN(C)C(=O)c2cc(N)c(C)s2)cc1F. The number of benzene rings is 1. The lowest BCUT2D eigenvalue weighted by molar-refractivity contribution is 0.0789. The van der Waals surface area contributed by atoms with Crippen molar-refractivity contribution in [3.63, 3.8) is 0 Å². The zero-order chi connectivity index (χ0) is 15.6. The molecule has 0 saturated carbocycles. The highest BCUT2D eigenvalue weighted by atomic mass is 32.1. The summed E-state index contributed by atoms with van der Waals surface area (Å²) in [6, 6.07) is 6.33. The van der Waals surface area contributed by atoms with Crippen LogP contribution in [-0.4, -0.2) is 25.0 Å². The molecule has 0 aliphatic heterocycles. The van der Waals surface area contributed by atoms with E-state index in [1.165, 1.54) is 29.4 Å². The summed E-state index contributed by atoms with van der Waals surface area (Å²) >= 11 is 1.36. The van der Waals surface area contributed by atoms with Gasteiger partial charge in [-0.3, -0.25) is 4.79 Å². The predicted molar refractivity (Wildman–Crippen MR) is 82.2 cm³/mol. The molecule has 1 aromatic heterocycles. The fraction of sp³-hybridized carbons (Fsp3) is 0.267. The maximum absolute atomic E-state index is 13.6. The third-order valence-electron chi connectivity index (χ3n) is 3.15. The van der Waals surface area contributed by atoms with Crippen LogP contribution >= 0.6 is 11.3 Å². The second-order valence-electron chi connectivity index (χ2n) is 4.75. The van der Waals surface area contributed by atoms with E-state index in [1.54, 1.807) is 25.2 Å². The number of ether oxygens (including phenoxy) is 1. The summed E-state index contributed by atoms with van der Waals surface area (Å²) in [5.74, 6) is -0.377. The van der Waals surface area contributed by atoms with Gasteiger partial charge in [0.1, 0.15) is 0 Å². The van der Waals surface area contributed by atoms with Gasteiger partial charge >= 0.3 is 0 Å². The number of carbonyl (C=O) groups is 1. The molecule has 0 spiro atoms.